The van der Waals surface area contributed by atoms with Crippen LogP contribution in [0.15, 0.2) is 30.3 Å². The molecule has 1 saturated carbocycles. The second-order valence-corrected chi connectivity index (χ2v) is 6.57. The van der Waals surface area contributed by atoms with E-state index in [1.165, 1.54) is 5.56 Å². The largest absolute Gasteiger partial charge is 0.389 e. The van der Waals surface area contributed by atoms with Gasteiger partial charge in [-0.1, -0.05) is 30.3 Å². The third-order valence-corrected chi connectivity index (χ3v) is 4.66. The van der Waals surface area contributed by atoms with Crippen molar-refractivity contribution in [2.45, 2.75) is 50.5 Å². The van der Waals surface area contributed by atoms with Crippen LogP contribution < -0.4 is 0 Å². The van der Waals surface area contributed by atoms with Crippen LogP contribution in [0.2, 0.25) is 0 Å². The van der Waals surface area contributed by atoms with E-state index in [0.717, 1.165) is 0 Å². The van der Waals surface area contributed by atoms with Gasteiger partial charge in [0.2, 0.25) is 0 Å². The van der Waals surface area contributed by atoms with E-state index in [-0.39, 0.29) is 24.2 Å². The lowest BCUT2D eigenvalue weighted by Crippen LogP contribution is -2.42. The molecule has 5 nitrogen and oxygen atoms in total. The summed E-state index contributed by atoms with van der Waals surface area (Å²) in [6.45, 7) is 5.03. The first-order chi connectivity index (χ1) is 10.1. The summed E-state index contributed by atoms with van der Waals surface area (Å²) in [5.41, 5.74) is 1.17. The normalized spacial score (nSPS) is 41.2. The molecule has 1 aromatic carbocycles. The van der Waals surface area contributed by atoms with Crippen LogP contribution in [-0.2, 0) is 20.9 Å². The number of nitrogens with zero attached hydrogens (tertiary/aromatic N) is 1. The Bertz CT molecular complexity index is 520. The van der Waals surface area contributed by atoms with Crippen molar-refractivity contribution in [1.29, 1.82) is 0 Å². The van der Waals surface area contributed by atoms with Crippen molar-refractivity contribution >= 4 is 0 Å². The maximum Gasteiger partial charge on any atom is 0.163 e. The van der Waals surface area contributed by atoms with Gasteiger partial charge in [0.25, 0.3) is 0 Å². The van der Waals surface area contributed by atoms with Crippen LogP contribution >= 0.6 is 0 Å². The highest BCUT2D eigenvalue weighted by Gasteiger charge is 2.62. The summed E-state index contributed by atoms with van der Waals surface area (Å²) in [6.07, 6.45) is -0.911. The summed E-state index contributed by atoms with van der Waals surface area (Å²) in [6, 6.07) is 10.1. The molecule has 1 aliphatic carbocycles. The molecule has 2 heterocycles. The Hall–Kier alpha value is -0.980. The fourth-order valence-electron chi connectivity index (χ4n) is 3.81. The van der Waals surface area contributed by atoms with Gasteiger partial charge in [0.05, 0.1) is 18.8 Å². The fourth-order valence-corrected chi connectivity index (χ4v) is 3.81. The van der Waals surface area contributed by atoms with Crippen molar-refractivity contribution in [3.8, 4) is 0 Å². The van der Waals surface area contributed by atoms with Gasteiger partial charge in [-0.25, -0.2) is 0 Å². The minimum absolute atomic E-state index is 0.0590. The van der Waals surface area contributed by atoms with E-state index in [1.807, 2.05) is 37.1 Å². The molecule has 0 unspecified atom stereocenters. The van der Waals surface area contributed by atoms with E-state index in [9.17, 15) is 5.11 Å². The minimum atomic E-state index is -0.617. The molecule has 1 N–H and O–H groups in total. The average molecular weight is 291 g/mol. The summed E-state index contributed by atoms with van der Waals surface area (Å²) in [5.74, 6) is -0.454. The first-order valence-corrected chi connectivity index (χ1v) is 7.52. The number of benzene rings is 1. The molecule has 5 heteroatoms. The standard InChI is InChI=1S/C16H21NO4/c1-16(2)20-14-11-9-19-17(8-10-6-4-3-5-7-10)12(11)13(18)15(14)21-16/h3-7,11-15,18H,8-9H2,1-2H3/t11-,12+,13+,14+,15-/m1/s1. The third kappa shape index (κ3) is 2.20. The molecular weight excluding hydrogens is 270 g/mol. The highest BCUT2D eigenvalue weighted by Crippen LogP contribution is 2.46. The third-order valence-electron chi connectivity index (χ3n) is 4.66. The Morgan fingerprint density at radius 3 is 2.67 bits per heavy atom. The molecule has 0 radical (unpaired) electrons. The predicted molar refractivity (Wildman–Crippen MR) is 75.0 cm³/mol. The zero-order chi connectivity index (χ0) is 14.6. The molecule has 114 valence electrons. The van der Waals surface area contributed by atoms with E-state index < -0.39 is 11.9 Å². The second-order valence-electron chi connectivity index (χ2n) is 6.57. The maximum atomic E-state index is 10.6. The Labute approximate surface area is 124 Å². The summed E-state index contributed by atoms with van der Waals surface area (Å²) < 4.78 is 11.8. The van der Waals surface area contributed by atoms with Gasteiger partial charge in [-0.3, -0.25) is 4.84 Å². The SMILES string of the molecule is CC1(C)O[C@@H]2[C@@H](O)[C@@H]3[C@@H](CON3Cc3ccccc3)[C@@H]2O1. The van der Waals surface area contributed by atoms with Gasteiger partial charge in [0.1, 0.15) is 12.2 Å². The maximum absolute atomic E-state index is 10.6. The van der Waals surface area contributed by atoms with Crippen molar-refractivity contribution in [2.75, 3.05) is 6.61 Å². The van der Waals surface area contributed by atoms with Gasteiger partial charge in [-0.15, -0.1) is 0 Å². The number of rotatable bonds is 2. The lowest BCUT2D eigenvalue weighted by atomic mass is 10.0. The Balaban J connectivity index is 1.52. The van der Waals surface area contributed by atoms with Crippen LogP contribution in [0.4, 0.5) is 0 Å². The van der Waals surface area contributed by atoms with Crippen LogP contribution in [0, 0.1) is 5.92 Å². The zero-order valence-electron chi connectivity index (χ0n) is 12.3. The average Bonchev–Trinajstić information content (AvgIpc) is 3.05. The summed E-state index contributed by atoms with van der Waals surface area (Å²) in [4.78, 5) is 5.81. The molecule has 1 aromatic rings. The number of hydroxylamine groups is 2. The van der Waals surface area contributed by atoms with Gasteiger partial charge in [-0.2, -0.15) is 5.06 Å². The van der Waals surface area contributed by atoms with Crippen molar-refractivity contribution < 1.29 is 19.4 Å². The summed E-state index contributed by atoms with van der Waals surface area (Å²) >= 11 is 0. The molecule has 2 saturated heterocycles. The molecule has 4 rings (SSSR count). The Morgan fingerprint density at radius 1 is 1.19 bits per heavy atom. The lowest BCUT2D eigenvalue weighted by Gasteiger charge is -2.28. The van der Waals surface area contributed by atoms with Crippen molar-refractivity contribution in [3.63, 3.8) is 0 Å². The number of hydrogen-bond acceptors (Lipinski definition) is 5. The monoisotopic (exact) mass is 291 g/mol. The van der Waals surface area contributed by atoms with E-state index in [0.29, 0.717) is 13.2 Å². The molecule has 21 heavy (non-hydrogen) atoms. The van der Waals surface area contributed by atoms with Crippen LogP contribution in [0.3, 0.4) is 0 Å². The predicted octanol–water partition coefficient (Wildman–Crippen LogP) is 1.31. The van der Waals surface area contributed by atoms with Crippen LogP contribution in [0.25, 0.3) is 0 Å². The van der Waals surface area contributed by atoms with Crippen LogP contribution in [0.5, 0.6) is 0 Å². The number of fused-ring (bicyclic) bond motifs is 3. The highest BCUT2D eigenvalue weighted by atomic mass is 16.8. The smallest absolute Gasteiger partial charge is 0.163 e. The zero-order valence-corrected chi connectivity index (χ0v) is 12.3. The lowest BCUT2D eigenvalue weighted by molar-refractivity contribution is -0.189. The fraction of sp³-hybridized carbons (Fsp3) is 0.625. The quantitative estimate of drug-likeness (QED) is 0.890. The first-order valence-electron chi connectivity index (χ1n) is 7.52. The summed E-state index contributed by atoms with van der Waals surface area (Å²) in [5, 5.41) is 12.5. The van der Waals surface area contributed by atoms with E-state index in [4.69, 9.17) is 14.3 Å². The molecule has 5 atom stereocenters. The number of ether oxygens (including phenoxy) is 2. The number of hydrogen-bond donors (Lipinski definition) is 1. The summed E-state index contributed by atoms with van der Waals surface area (Å²) in [7, 11) is 0. The van der Waals surface area contributed by atoms with Gasteiger partial charge in [0.15, 0.2) is 5.79 Å². The van der Waals surface area contributed by atoms with Gasteiger partial charge in [0, 0.05) is 12.5 Å². The van der Waals surface area contributed by atoms with E-state index in [1.54, 1.807) is 0 Å². The van der Waals surface area contributed by atoms with E-state index >= 15 is 0 Å². The Morgan fingerprint density at radius 2 is 1.90 bits per heavy atom. The van der Waals surface area contributed by atoms with Crippen molar-refractivity contribution in [2.24, 2.45) is 5.92 Å². The van der Waals surface area contributed by atoms with Crippen molar-refractivity contribution in [3.05, 3.63) is 35.9 Å². The number of aliphatic hydroxyl groups is 1. The molecular formula is C16H21NO4. The van der Waals surface area contributed by atoms with Crippen LogP contribution in [-0.4, -0.2) is 46.9 Å². The van der Waals surface area contributed by atoms with E-state index in [2.05, 4.69) is 12.1 Å². The molecule has 0 aromatic heterocycles. The molecule has 0 bridgehead atoms. The highest BCUT2D eigenvalue weighted by molar-refractivity contribution is 5.16. The molecule has 3 aliphatic rings. The topological polar surface area (TPSA) is 51.2 Å². The van der Waals surface area contributed by atoms with Gasteiger partial charge < -0.3 is 14.6 Å². The van der Waals surface area contributed by atoms with Crippen LogP contribution in [0.1, 0.15) is 19.4 Å². The number of aliphatic hydroxyl groups excluding tert-OH is 1. The molecule has 0 amide bonds. The van der Waals surface area contributed by atoms with Gasteiger partial charge >= 0.3 is 0 Å². The van der Waals surface area contributed by atoms with Gasteiger partial charge in [-0.05, 0) is 19.4 Å². The molecule has 3 fully saturated rings. The minimum Gasteiger partial charge on any atom is -0.389 e. The first kappa shape index (κ1) is 13.7. The van der Waals surface area contributed by atoms with Crippen molar-refractivity contribution in [1.82, 2.24) is 5.06 Å². The second kappa shape index (κ2) is 4.76. The molecule has 2 aliphatic heterocycles. The molecule has 0 spiro atoms. The Kier molecular flexibility index (Phi) is 3.10.